The molecule has 2 amide bonds. The molecule has 0 atom stereocenters. The van der Waals surface area contributed by atoms with Gasteiger partial charge in [0.25, 0.3) is 11.8 Å². The molecule has 1 saturated heterocycles. The van der Waals surface area contributed by atoms with Crippen molar-refractivity contribution in [3.05, 3.63) is 88.9 Å². The van der Waals surface area contributed by atoms with Crippen LogP contribution in [0.25, 0.3) is 0 Å². The second-order valence-electron chi connectivity index (χ2n) is 9.95. The number of hydrogen-bond donors (Lipinski definition) is 2. The van der Waals surface area contributed by atoms with Gasteiger partial charge in [-0.2, -0.15) is 0 Å². The van der Waals surface area contributed by atoms with Crippen molar-refractivity contribution in [3.8, 4) is 5.75 Å². The highest BCUT2D eigenvalue weighted by Crippen LogP contribution is 2.30. The lowest BCUT2D eigenvalue weighted by Gasteiger charge is -2.35. The first-order chi connectivity index (χ1) is 19.5. The van der Waals surface area contributed by atoms with Crippen molar-refractivity contribution in [3.63, 3.8) is 0 Å². The molecule has 0 spiro atoms. The van der Waals surface area contributed by atoms with Crippen molar-refractivity contribution in [2.24, 2.45) is 5.92 Å². The number of nitrogens with one attached hydrogen (secondary N) is 2. The van der Waals surface area contributed by atoms with Crippen LogP contribution in [-0.2, 0) is 16.0 Å². The standard InChI is InChI=1S/C32H38ClN3O4/c1-2-39-20-6-17-34-32(38)29-22-27(35-31(37)23-40-28-12-9-26(33)10-13-28)11-14-30(29)36-18-15-25(16-19-36)21-24-7-4-3-5-8-24/h3-5,7-14,22,25H,2,6,15-21,23H2,1H3,(H,34,38)(H,35,37). The Kier molecular flexibility index (Phi) is 11.3. The van der Waals surface area contributed by atoms with Crippen molar-refractivity contribution >= 4 is 34.8 Å². The predicted octanol–water partition coefficient (Wildman–Crippen LogP) is 5.97. The minimum absolute atomic E-state index is 0.155. The molecule has 40 heavy (non-hydrogen) atoms. The van der Waals surface area contributed by atoms with Crippen molar-refractivity contribution < 1.29 is 19.1 Å². The molecule has 8 heteroatoms. The minimum atomic E-state index is -0.313. The van der Waals surface area contributed by atoms with Crippen LogP contribution in [0.3, 0.4) is 0 Å². The second kappa shape index (κ2) is 15.3. The zero-order valence-electron chi connectivity index (χ0n) is 23.0. The molecular formula is C32H38ClN3O4. The van der Waals surface area contributed by atoms with E-state index in [9.17, 15) is 9.59 Å². The van der Waals surface area contributed by atoms with Gasteiger partial charge in [0.15, 0.2) is 6.61 Å². The van der Waals surface area contributed by atoms with Crippen LogP contribution >= 0.6 is 11.6 Å². The monoisotopic (exact) mass is 563 g/mol. The number of carbonyl (C=O) groups is 2. The van der Waals surface area contributed by atoms with Crippen LogP contribution in [0.2, 0.25) is 5.02 Å². The molecular weight excluding hydrogens is 526 g/mol. The summed E-state index contributed by atoms with van der Waals surface area (Å²) >= 11 is 5.91. The lowest BCUT2D eigenvalue weighted by atomic mass is 9.89. The van der Waals surface area contributed by atoms with Crippen molar-refractivity contribution in [2.45, 2.75) is 32.6 Å². The van der Waals surface area contributed by atoms with Crippen molar-refractivity contribution in [1.29, 1.82) is 0 Å². The summed E-state index contributed by atoms with van der Waals surface area (Å²) in [5.74, 6) is 0.699. The maximum atomic E-state index is 13.3. The van der Waals surface area contributed by atoms with E-state index in [2.05, 4.69) is 39.8 Å². The van der Waals surface area contributed by atoms with Gasteiger partial charge in [-0.3, -0.25) is 9.59 Å². The number of nitrogens with zero attached hydrogens (tertiary/aromatic N) is 1. The fourth-order valence-electron chi connectivity index (χ4n) is 4.89. The van der Waals surface area contributed by atoms with Crippen LogP contribution < -0.4 is 20.3 Å². The van der Waals surface area contributed by atoms with E-state index in [1.54, 1.807) is 30.3 Å². The average molecular weight is 564 g/mol. The Labute approximate surface area is 241 Å². The first-order valence-corrected chi connectivity index (χ1v) is 14.4. The zero-order chi connectivity index (χ0) is 28.2. The van der Waals surface area contributed by atoms with E-state index < -0.39 is 0 Å². The molecule has 3 aromatic rings. The summed E-state index contributed by atoms with van der Waals surface area (Å²) in [6.07, 6.45) is 3.93. The SMILES string of the molecule is CCOCCCNC(=O)c1cc(NC(=O)COc2ccc(Cl)cc2)ccc1N1CCC(Cc2ccccc2)CC1. The average Bonchev–Trinajstić information content (AvgIpc) is 2.98. The third-order valence-corrected chi connectivity index (χ3v) is 7.24. The van der Waals surface area contributed by atoms with E-state index in [-0.39, 0.29) is 18.4 Å². The van der Waals surface area contributed by atoms with Gasteiger partial charge in [0.2, 0.25) is 0 Å². The lowest BCUT2D eigenvalue weighted by molar-refractivity contribution is -0.118. The van der Waals surface area contributed by atoms with Gasteiger partial charge in [-0.25, -0.2) is 0 Å². The first kappa shape index (κ1) is 29.4. The molecule has 1 aliphatic heterocycles. The van der Waals surface area contributed by atoms with Crippen LogP contribution in [0, 0.1) is 5.92 Å². The third-order valence-electron chi connectivity index (χ3n) is 6.99. The van der Waals surface area contributed by atoms with Crippen LogP contribution in [0.4, 0.5) is 11.4 Å². The summed E-state index contributed by atoms with van der Waals surface area (Å²) in [6.45, 7) is 5.32. The van der Waals surface area contributed by atoms with E-state index in [4.69, 9.17) is 21.1 Å². The summed E-state index contributed by atoms with van der Waals surface area (Å²) < 4.78 is 11.0. The fourth-order valence-corrected chi connectivity index (χ4v) is 5.02. The number of carbonyl (C=O) groups excluding carboxylic acids is 2. The normalized spacial score (nSPS) is 13.6. The predicted molar refractivity (Wildman–Crippen MR) is 161 cm³/mol. The molecule has 1 fully saturated rings. The molecule has 7 nitrogen and oxygen atoms in total. The lowest BCUT2D eigenvalue weighted by Crippen LogP contribution is -2.36. The Morgan fingerprint density at radius 3 is 2.48 bits per heavy atom. The highest BCUT2D eigenvalue weighted by molar-refractivity contribution is 6.30. The third kappa shape index (κ3) is 9.00. The smallest absolute Gasteiger partial charge is 0.262 e. The first-order valence-electron chi connectivity index (χ1n) is 14.0. The fraction of sp³-hybridized carbons (Fsp3) is 0.375. The summed E-state index contributed by atoms with van der Waals surface area (Å²) in [6, 6.07) is 23.0. The van der Waals surface area contributed by atoms with Gasteiger partial charge in [0.05, 0.1) is 5.56 Å². The van der Waals surface area contributed by atoms with E-state index in [1.807, 2.05) is 25.1 Å². The number of hydrogen-bond acceptors (Lipinski definition) is 5. The summed E-state index contributed by atoms with van der Waals surface area (Å²) in [7, 11) is 0. The van der Waals surface area contributed by atoms with Gasteiger partial charge >= 0.3 is 0 Å². The summed E-state index contributed by atoms with van der Waals surface area (Å²) in [4.78, 5) is 28.2. The molecule has 0 bridgehead atoms. The van der Waals surface area contributed by atoms with Gasteiger partial charge in [-0.1, -0.05) is 41.9 Å². The Hall–Kier alpha value is -3.55. The molecule has 0 aromatic heterocycles. The molecule has 3 aromatic carbocycles. The Morgan fingerprint density at radius 2 is 1.75 bits per heavy atom. The molecule has 4 rings (SSSR count). The van der Waals surface area contributed by atoms with E-state index in [0.29, 0.717) is 47.7 Å². The zero-order valence-corrected chi connectivity index (χ0v) is 23.8. The molecule has 0 saturated carbocycles. The second-order valence-corrected chi connectivity index (χ2v) is 10.4. The molecule has 1 aliphatic rings. The number of piperidine rings is 1. The molecule has 0 aliphatic carbocycles. The van der Waals surface area contributed by atoms with Gasteiger partial charge in [0, 0.05) is 49.2 Å². The maximum Gasteiger partial charge on any atom is 0.262 e. The molecule has 212 valence electrons. The van der Waals surface area contributed by atoms with Gasteiger partial charge < -0.3 is 25.0 Å². The highest BCUT2D eigenvalue weighted by atomic mass is 35.5. The summed E-state index contributed by atoms with van der Waals surface area (Å²) in [5.41, 5.74) is 3.35. The number of rotatable bonds is 13. The van der Waals surface area contributed by atoms with Crippen LogP contribution in [0.5, 0.6) is 5.75 Å². The number of anilines is 2. The van der Waals surface area contributed by atoms with Gasteiger partial charge in [-0.15, -0.1) is 0 Å². The van der Waals surface area contributed by atoms with Crippen molar-refractivity contribution in [1.82, 2.24) is 5.32 Å². The Balaban J connectivity index is 1.40. The molecule has 2 N–H and O–H groups in total. The van der Waals surface area contributed by atoms with Crippen LogP contribution in [0.1, 0.15) is 42.1 Å². The quantitative estimate of drug-likeness (QED) is 0.250. The van der Waals surface area contributed by atoms with Crippen molar-refractivity contribution in [2.75, 3.05) is 49.7 Å². The van der Waals surface area contributed by atoms with Crippen LogP contribution in [0.15, 0.2) is 72.8 Å². The maximum absolute atomic E-state index is 13.3. The van der Waals surface area contributed by atoms with Gasteiger partial charge in [0.1, 0.15) is 5.75 Å². The summed E-state index contributed by atoms with van der Waals surface area (Å²) in [5, 5.41) is 6.47. The van der Waals surface area contributed by atoms with E-state index in [0.717, 1.165) is 44.5 Å². The van der Waals surface area contributed by atoms with E-state index >= 15 is 0 Å². The number of ether oxygens (including phenoxy) is 2. The topological polar surface area (TPSA) is 79.9 Å². The highest BCUT2D eigenvalue weighted by Gasteiger charge is 2.24. The molecule has 0 radical (unpaired) electrons. The largest absolute Gasteiger partial charge is 0.484 e. The number of amides is 2. The number of halogens is 1. The van der Waals surface area contributed by atoms with Crippen LogP contribution in [-0.4, -0.2) is 51.3 Å². The number of benzene rings is 3. The molecule has 0 unspecified atom stereocenters. The molecule has 1 heterocycles. The Bertz CT molecular complexity index is 1230. The Morgan fingerprint density at radius 1 is 1.00 bits per heavy atom. The minimum Gasteiger partial charge on any atom is -0.484 e. The van der Waals surface area contributed by atoms with Gasteiger partial charge in [-0.05, 0) is 86.6 Å². The van der Waals surface area contributed by atoms with E-state index in [1.165, 1.54) is 5.56 Å².